The third kappa shape index (κ3) is 3.33. The molecule has 5 rings (SSSR count). The monoisotopic (exact) mass is 409 g/mol. The molecule has 0 saturated heterocycles. The van der Waals surface area contributed by atoms with Crippen LogP contribution in [-0.4, -0.2) is 26.1 Å². The maximum atomic E-state index is 10.7. The molecule has 0 amide bonds. The number of hydroxylamine groups is 1. The molecule has 0 unspecified atom stereocenters. The third-order valence-corrected chi connectivity index (χ3v) is 5.20. The topological polar surface area (TPSA) is 117 Å². The molecule has 0 aliphatic heterocycles. The Kier molecular flexibility index (Phi) is 4.50. The van der Waals surface area contributed by atoms with Gasteiger partial charge < -0.3 is 15.4 Å². The van der Waals surface area contributed by atoms with Crippen molar-refractivity contribution in [2.24, 2.45) is 0 Å². The predicted octanol–water partition coefficient (Wildman–Crippen LogP) is 5.14. The number of rotatable bonds is 4. The Morgan fingerprint density at radius 1 is 0.903 bits per heavy atom. The Bertz CT molecular complexity index is 1430. The van der Waals surface area contributed by atoms with Crippen LogP contribution in [0.3, 0.4) is 0 Å². The van der Waals surface area contributed by atoms with Crippen molar-refractivity contribution in [3.63, 3.8) is 0 Å². The molecule has 0 aliphatic carbocycles. The lowest BCUT2D eigenvalue weighted by atomic mass is 10.0. The van der Waals surface area contributed by atoms with Crippen molar-refractivity contribution in [2.75, 3.05) is 5.32 Å². The van der Waals surface area contributed by atoms with Crippen molar-refractivity contribution >= 4 is 39.0 Å². The van der Waals surface area contributed by atoms with Crippen LogP contribution in [0.15, 0.2) is 78.9 Å². The molecule has 0 aliphatic rings. The number of para-hydroxylation sites is 2. The highest BCUT2D eigenvalue weighted by molar-refractivity contribution is 6.06. The van der Waals surface area contributed by atoms with Crippen LogP contribution in [0.25, 0.3) is 33.1 Å². The molecule has 0 bridgehead atoms. The van der Waals surface area contributed by atoms with Gasteiger partial charge in [-0.25, -0.2) is 4.98 Å². The number of aromatic amines is 1. The van der Waals surface area contributed by atoms with Crippen molar-refractivity contribution < 1.29 is 10.3 Å². The van der Waals surface area contributed by atoms with Gasteiger partial charge in [0.25, 0.3) is 0 Å². The smallest absolute Gasteiger partial charge is 0.199 e. The Hall–Kier alpha value is -4.36. The average molecular weight is 409 g/mol. The zero-order valence-corrected chi connectivity index (χ0v) is 16.3. The number of hydrogen-bond donors (Lipinski definition) is 6. The summed E-state index contributed by atoms with van der Waals surface area (Å²) in [6.45, 7) is 0. The Labute approximate surface area is 177 Å². The molecule has 0 saturated carbocycles. The number of H-pyrrole nitrogens is 1. The van der Waals surface area contributed by atoms with Gasteiger partial charge in [0.05, 0.1) is 22.5 Å². The van der Waals surface area contributed by atoms with Crippen molar-refractivity contribution in [3.05, 3.63) is 84.4 Å². The first-order chi connectivity index (χ1) is 15.1. The molecule has 0 atom stereocenters. The number of benzene rings is 3. The molecule has 31 heavy (non-hydrogen) atoms. The summed E-state index contributed by atoms with van der Waals surface area (Å²) in [5.41, 5.74) is 6.75. The van der Waals surface area contributed by atoms with E-state index in [9.17, 15) is 5.11 Å². The van der Waals surface area contributed by atoms with E-state index in [1.54, 1.807) is 18.2 Å². The van der Waals surface area contributed by atoms with Crippen LogP contribution in [0, 0.1) is 5.41 Å². The summed E-state index contributed by atoms with van der Waals surface area (Å²) < 4.78 is 0. The number of pyridine rings is 1. The highest BCUT2D eigenvalue weighted by atomic mass is 16.5. The van der Waals surface area contributed by atoms with E-state index in [1.165, 1.54) is 0 Å². The van der Waals surface area contributed by atoms with Crippen molar-refractivity contribution in [2.45, 2.75) is 0 Å². The number of anilines is 2. The van der Waals surface area contributed by atoms with Gasteiger partial charge in [-0.2, -0.15) is 0 Å². The summed E-state index contributed by atoms with van der Waals surface area (Å²) >= 11 is 0. The minimum atomic E-state index is -0.133. The summed E-state index contributed by atoms with van der Waals surface area (Å²) in [5.74, 6) is -0.143. The van der Waals surface area contributed by atoms with Gasteiger partial charge >= 0.3 is 0 Å². The van der Waals surface area contributed by atoms with Crippen LogP contribution >= 0.6 is 0 Å². The zero-order chi connectivity index (χ0) is 21.4. The number of aromatic hydroxyl groups is 1. The second-order valence-electron chi connectivity index (χ2n) is 7.16. The predicted molar refractivity (Wildman–Crippen MR) is 122 cm³/mol. The number of fused-ring (bicyclic) bond motifs is 2. The van der Waals surface area contributed by atoms with Gasteiger partial charge in [0.2, 0.25) is 0 Å². The molecule has 0 fully saturated rings. The molecule has 7 nitrogen and oxygen atoms in total. The molecule has 5 aromatic rings. The molecule has 2 aromatic heterocycles. The SMILES string of the molecule is N=C(NO)c1ccc2[nH]c(O)c(-c3cc(Nc4ccccc4)c4ccccc4n3)c2c1. The summed E-state index contributed by atoms with van der Waals surface area (Å²) in [4.78, 5) is 7.76. The number of amidine groups is 1. The fourth-order valence-corrected chi connectivity index (χ4v) is 3.74. The molecule has 0 spiro atoms. The van der Waals surface area contributed by atoms with Gasteiger partial charge in [0, 0.05) is 27.5 Å². The maximum Gasteiger partial charge on any atom is 0.199 e. The van der Waals surface area contributed by atoms with Gasteiger partial charge in [-0.05, 0) is 42.5 Å². The van der Waals surface area contributed by atoms with Crippen LogP contribution in [0.1, 0.15) is 5.56 Å². The van der Waals surface area contributed by atoms with Gasteiger partial charge in [0.15, 0.2) is 5.88 Å². The summed E-state index contributed by atoms with van der Waals surface area (Å²) in [7, 11) is 0. The van der Waals surface area contributed by atoms with E-state index in [1.807, 2.05) is 66.1 Å². The quantitative estimate of drug-likeness (QED) is 0.140. The third-order valence-electron chi connectivity index (χ3n) is 5.20. The Morgan fingerprint density at radius 2 is 1.68 bits per heavy atom. The Balaban J connectivity index is 1.73. The second-order valence-corrected chi connectivity index (χ2v) is 7.16. The van der Waals surface area contributed by atoms with E-state index in [0.717, 1.165) is 22.3 Å². The van der Waals surface area contributed by atoms with Gasteiger partial charge in [-0.3, -0.25) is 16.1 Å². The van der Waals surface area contributed by atoms with Crippen LogP contribution < -0.4 is 10.8 Å². The molecule has 2 heterocycles. The standard InChI is InChI=1S/C24H19N5O2/c25-23(29-31)14-10-11-19-17(12-14)22(24(30)28-19)21-13-20(26-15-6-2-1-3-7-15)16-8-4-5-9-18(16)27-21/h1-13,28,30-31H,(H2,25,29)(H,26,27). The van der Waals surface area contributed by atoms with E-state index < -0.39 is 0 Å². The van der Waals surface area contributed by atoms with E-state index >= 15 is 0 Å². The lowest BCUT2D eigenvalue weighted by Crippen LogP contribution is -2.18. The lowest BCUT2D eigenvalue weighted by molar-refractivity contribution is 0.234. The first kappa shape index (κ1) is 18.7. The largest absolute Gasteiger partial charge is 0.494 e. The average Bonchev–Trinajstić information content (AvgIpc) is 3.14. The highest BCUT2D eigenvalue weighted by Crippen LogP contribution is 2.39. The molecule has 3 aromatic carbocycles. The van der Waals surface area contributed by atoms with E-state index in [-0.39, 0.29) is 11.7 Å². The minimum absolute atomic E-state index is 0.0101. The van der Waals surface area contributed by atoms with Crippen molar-refractivity contribution in [3.8, 4) is 17.1 Å². The van der Waals surface area contributed by atoms with Crippen LogP contribution in [-0.2, 0) is 0 Å². The number of nitrogens with one attached hydrogen (secondary N) is 4. The molecule has 7 heteroatoms. The summed E-state index contributed by atoms with van der Waals surface area (Å²) in [5, 5.41) is 32.7. The van der Waals surface area contributed by atoms with E-state index in [4.69, 9.17) is 15.6 Å². The fraction of sp³-hybridized carbons (Fsp3) is 0. The summed E-state index contributed by atoms with van der Waals surface area (Å²) in [6.07, 6.45) is 0. The lowest BCUT2D eigenvalue weighted by Gasteiger charge is -2.12. The number of aromatic nitrogens is 2. The normalized spacial score (nSPS) is 11.0. The zero-order valence-electron chi connectivity index (χ0n) is 16.3. The molecule has 6 N–H and O–H groups in total. The van der Waals surface area contributed by atoms with Crippen molar-refractivity contribution in [1.82, 2.24) is 15.4 Å². The number of hydrogen-bond acceptors (Lipinski definition) is 5. The number of nitrogens with zero attached hydrogens (tertiary/aromatic N) is 1. The highest BCUT2D eigenvalue weighted by Gasteiger charge is 2.17. The first-order valence-electron chi connectivity index (χ1n) is 9.70. The van der Waals surface area contributed by atoms with E-state index in [2.05, 4.69) is 10.3 Å². The molecule has 152 valence electrons. The van der Waals surface area contributed by atoms with Crippen LogP contribution in [0.5, 0.6) is 5.88 Å². The van der Waals surface area contributed by atoms with Gasteiger partial charge in [0.1, 0.15) is 5.84 Å². The van der Waals surface area contributed by atoms with E-state index in [0.29, 0.717) is 27.7 Å². The Morgan fingerprint density at radius 3 is 2.48 bits per heavy atom. The van der Waals surface area contributed by atoms with Crippen molar-refractivity contribution in [1.29, 1.82) is 5.41 Å². The molecular formula is C24H19N5O2. The minimum Gasteiger partial charge on any atom is -0.494 e. The summed E-state index contributed by atoms with van der Waals surface area (Å²) in [6, 6.07) is 24.7. The van der Waals surface area contributed by atoms with Crippen LogP contribution in [0.2, 0.25) is 0 Å². The maximum absolute atomic E-state index is 10.7. The van der Waals surface area contributed by atoms with Gasteiger partial charge in [-0.1, -0.05) is 36.4 Å². The first-order valence-corrected chi connectivity index (χ1v) is 9.70. The second kappa shape index (κ2) is 7.47. The van der Waals surface area contributed by atoms with Gasteiger partial charge in [-0.15, -0.1) is 0 Å². The molecule has 0 radical (unpaired) electrons. The van der Waals surface area contributed by atoms with Crippen LogP contribution in [0.4, 0.5) is 11.4 Å². The fourth-order valence-electron chi connectivity index (χ4n) is 3.74. The molecular weight excluding hydrogens is 390 g/mol.